The fraction of sp³-hybridized carbons (Fsp3) is 0.682. The van der Waals surface area contributed by atoms with Gasteiger partial charge in [-0.25, -0.2) is 0 Å². The van der Waals surface area contributed by atoms with Crippen molar-refractivity contribution in [3.05, 3.63) is 24.3 Å². The van der Waals surface area contributed by atoms with Gasteiger partial charge in [-0.3, -0.25) is 0 Å². The maximum Gasteiger partial charge on any atom is 0.170 e. The number of hydrogen-bond donors (Lipinski definition) is 2. The molecule has 1 atom stereocenters. The largest absolute Gasteiger partial charge is 0.490 e. The number of nitrogens with zero attached hydrogens (tertiary/aromatic N) is 1. The topological polar surface area (TPSA) is 36.5 Å². The Morgan fingerprint density at radius 2 is 1.85 bits per heavy atom. The predicted octanol–water partition coefficient (Wildman–Crippen LogP) is 4.95. The lowest BCUT2D eigenvalue weighted by atomic mass is 10.00. The molecule has 4 nitrogen and oxygen atoms in total. The van der Waals surface area contributed by atoms with Crippen molar-refractivity contribution in [2.75, 3.05) is 25.0 Å². The van der Waals surface area contributed by atoms with Crippen LogP contribution in [0.2, 0.25) is 0 Å². The first-order valence-corrected chi connectivity index (χ1v) is 11.2. The third-order valence-electron chi connectivity index (χ3n) is 5.85. The predicted molar refractivity (Wildman–Crippen MR) is 118 cm³/mol. The van der Waals surface area contributed by atoms with Gasteiger partial charge in [0.05, 0.1) is 6.10 Å². The summed E-state index contributed by atoms with van der Waals surface area (Å²) >= 11 is 5.43. The number of benzene rings is 1. The van der Waals surface area contributed by atoms with Crippen LogP contribution in [0.3, 0.4) is 0 Å². The average Bonchev–Trinajstić information content (AvgIpc) is 3.20. The van der Waals surface area contributed by atoms with Crippen LogP contribution < -0.4 is 15.4 Å². The van der Waals surface area contributed by atoms with Gasteiger partial charge < -0.3 is 20.3 Å². The molecule has 1 aliphatic carbocycles. The van der Waals surface area contributed by atoms with Gasteiger partial charge in [0.25, 0.3) is 0 Å². The average molecular weight is 390 g/mol. The SMILES string of the molecule is CC[C@@H]1CCCCN1CCCNC(=S)Nc1ccc(OC2CCCC2)cc1. The van der Waals surface area contributed by atoms with Gasteiger partial charge in [0.2, 0.25) is 0 Å². The van der Waals surface area contributed by atoms with E-state index in [1.165, 1.54) is 64.5 Å². The minimum Gasteiger partial charge on any atom is -0.490 e. The minimum atomic E-state index is 0.402. The van der Waals surface area contributed by atoms with Crippen molar-refractivity contribution in [2.24, 2.45) is 0 Å². The summed E-state index contributed by atoms with van der Waals surface area (Å²) in [4.78, 5) is 2.66. The van der Waals surface area contributed by atoms with Gasteiger partial charge in [0, 0.05) is 24.8 Å². The highest BCUT2D eigenvalue weighted by molar-refractivity contribution is 7.80. The molecule has 150 valence electrons. The van der Waals surface area contributed by atoms with E-state index in [9.17, 15) is 0 Å². The summed E-state index contributed by atoms with van der Waals surface area (Å²) in [6.45, 7) is 5.66. The number of ether oxygens (including phenoxy) is 1. The monoisotopic (exact) mass is 389 g/mol. The lowest BCUT2D eigenvalue weighted by Gasteiger charge is -2.35. The third kappa shape index (κ3) is 6.65. The zero-order valence-corrected chi connectivity index (χ0v) is 17.5. The molecule has 1 aromatic carbocycles. The van der Waals surface area contributed by atoms with E-state index >= 15 is 0 Å². The van der Waals surface area contributed by atoms with Gasteiger partial charge in [0.1, 0.15) is 5.75 Å². The van der Waals surface area contributed by atoms with Gasteiger partial charge in [-0.1, -0.05) is 13.3 Å². The zero-order chi connectivity index (χ0) is 18.9. The van der Waals surface area contributed by atoms with Gasteiger partial charge in [-0.15, -0.1) is 0 Å². The van der Waals surface area contributed by atoms with E-state index in [0.717, 1.165) is 30.4 Å². The lowest BCUT2D eigenvalue weighted by molar-refractivity contribution is 0.143. The molecule has 1 aliphatic heterocycles. The molecule has 1 saturated heterocycles. The van der Waals surface area contributed by atoms with E-state index in [-0.39, 0.29) is 0 Å². The van der Waals surface area contributed by atoms with E-state index < -0.39 is 0 Å². The van der Waals surface area contributed by atoms with Crippen LogP contribution in [0, 0.1) is 0 Å². The van der Waals surface area contributed by atoms with Gasteiger partial charge in [-0.05, 0) is 94.4 Å². The summed E-state index contributed by atoms with van der Waals surface area (Å²) in [7, 11) is 0. The van der Waals surface area contributed by atoms with E-state index in [4.69, 9.17) is 17.0 Å². The molecule has 0 bridgehead atoms. The van der Waals surface area contributed by atoms with Crippen LogP contribution >= 0.6 is 12.2 Å². The molecule has 0 spiro atoms. The van der Waals surface area contributed by atoms with Crippen molar-refractivity contribution in [1.29, 1.82) is 0 Å². The summed E-state index contributed by atoms with van der Waals surface area (Å²) in [5.74, 6) is 0.957. The highest BCUT2D eigenvalue weighted by Gasteiger charge is 2.19. The van der Waals surface area contributed by atoms with Crippen molar-refractivity contribution in [2.45, 2.75) is 76.9 Å². The van der Waals surface area contributed by atoms with E-state index in [1.54, 1.807) is 0 Å². The Labute approximate surface area is 170 Å². The Bertz CT molecular complexity index is 571. The Morgan fingerprint density at radius 3 is 2.59 bits per heavy atom. The maximum atomic E-state index is 6.01. The first kappa shape index (κ1) is 20.4. The molecule has 0 radical (unpaired) electrons. The minimum absolute atomic E-state index is 0.402. The smallest absolute Gasteiger partial charge is 0.170 e. The van der Waals surface area contributed by atoms with Crippen LogP contribution in [0.15, 0.2) is 24.3 Å². The molecule has 0 amide bonds. The normalized spacial score (nSPS) is 21.1. The number of hydrogen-bond acceptors (Lipinski definition) is 3. The standard InChI is InChI=1S/C22H35N3OS/c1-2-19-8-5-6-16-25(19)17-7-15-23-22(27)24-18-11-13-21(14-12-18)26-20-9-3-4-10-20/h11-14,19-20H,2-10,15-17H2,1H3,(H2,23,24,27)/t19-/m1/s1. The summed E-state index contributed by atoms with van der Waals surface area (Å²) in [6, 6.07) is 8.93. The Hall–Kier alpha value is -1.33. The number of likely N-dealkylation sites (tertiary alicyclic amines) is 1. The summed E-state index contributed by atoms with van der Waals surface area (Å²) in [5, 5.41) is 7.31. The molecule has 3 rings (SSSR count). The van der Waals surface area contributed by atoms with Crippen LogP contribution in [0.25, 0.3) is 0 Å². The first-order valence-electron chi connectivity index (χ1n) is 10.8. The van der Waals surface area contributed by atoms with Crippen molar-refractivity contribution in [3.63, 3.8) is 0 Å². The molecule has 1 heterocycles. The summed E-state index contributed by atoms with van der Waals surface area (Å²) in [6.07, 6.45) is 11.9. The Kier molecular flexibility index (Phi) is 8.21. The molecule has 27 heavy (non-hydrogen) atoms. The molecular formula is C22H35N3OS. The molecule has 2 aliphatic rings. The van der Waals surface area contributed by atoms with Crippen molar-refractivity contribution in [1.82, 2.24) is 10.2 Å². The van der Waals surface area contributed by atoms with Crippen molar-refractivity contribution in [3.8, 4) is 5.75 Å². The fourth-order valence-electron chi connectivity index (χ4n) is 4.29. The first-order chi connectivity index (χ1) is 13.2. The van der Waals surface area contributed by atoms with E-state index in [1.807, 2.05) is 24.3 Å². The Morgan fingerprint density at radius 1 is 1.11 bits per heavy atom. The van der Waals surface area contributed by atoms with Crippen LogP contribution in [0.1, 0.15) is 64.7 Å². The molecule has 0 unspecified atom stereocenters. The maximum absolute atomic E-state index is 6.01. The second-order valence-corrected chi connectivity index (χ2v) is 8.29. The lowest BCUT2D eigenvalue weighted by Crippen LogP contribution is -2.40. The molecule has 1 saturated carbocycles. The van der Waals surface area contributed by atoms with Gasteiger partial charge in [-0.2, -0.15) is 0 Å². The summed E-state index contributed by atoms with van der Waals surface area (Å²) < 4.78 is 6.01. The fourth-order valence-corrected chi connectivity index (χ4v) is 4.51. The van der Waals surface area contributed by atoms with E-state index in [0.29, 0.717) is 11.2 Å². The summed E-state index contributed by atoms with van der Waals surface area (Å²) in [5.41, 5.74) is 1.01. The molecule has 5 heteroatoms. The molecule has 0 aromatic heterocycles. The van der Waals surface area contributed by atoms with Crippen LogP contribution in [-0.4, -0.2) is 41.8 Å². The number of thiocarbonyl (C=S) groups is 1. The number of rotatable bonds is 8. The van der Waals surface area contributed by atoms with Gasteiger partial charge in [0.15, 0.2) is 5.11 Å². The second kappa shape index (κ2) is 10.9. The highest BCUT2D eigenvalue weighted by atomic mass is 32.1. The molecule has 2 fully saturated rings. The van der Waals surface area contributed by atoms with Crippen LogP contribution in [0.5, 0.6) is 5.75 Å². The van der Waals surface area contributed by atoms with Crippen molar-refractivity contribution < 1.29 is 4.74 Å². The van der Waals surface area contributed by atoms with Crippen LogP contribution in [0.4, 0.5) is 5.69 Å². The van der Waals surface area contributed by atoms with Crippen molar-refractivity contribution >= 4 is 23.0 Å². The number of piperidine rings is 1. The molecule has 1 aromatic rings. The molecular weight excluding hydrogens is 354 g/mol. The Balaban J connectivity index is 1.32. The third-order valence-corrected chi connectivity index (χ3v) is 6.09. The van der Waals surface area contributed by atoms with Crippen LogP contribution in [-0.2, 0) is 0 Å². The second-order valence-electron chi connectivity index (χ2n) is 7.88. The number of anilines is 1. The molecule has 2 N–H and O–H groups in total. The van der Waals surface area contributed by atoms with Gasteiger partial charge >= 0.3 is 0 Å². The highest BCUT2D eigenvalue weighted by Crippen LogP contribution is 2.25. The number of nitrogens with one attached hydrogen (secondary N) is 2. The quantitative estimate of drug-likeness (QED) is 0.486. The zero-order valence-electron chi connectivity index (χ0n) is 16.7. The van der Waals surface area contributed by atoms with E-state index in [2.05, 4.69) is 22.5 Å².